The molecule has 0 aliphatic rings. The van der Waals surface area contributed by atoms with Gasteiger partial charge in [-0.3, -0.25) is 4.79 Å². The van der Waals surface area contributed by atoms with E-state index in [1.54, 1.807) is 0 Å². The Kier molecular flexibility index (Phi) is 6.76. The molecule has 2 heterocycles. The predicted molar refractivity (Wildman–Crippen MR) is 112 cm³/mol. The number of thioether (sulfide) groups is 1. The zero-order valence-electron chi connectivity index (χ0n) is 16.0. The van der Waals surface area contributed by atoms with Crippen molar-refractivity contribution in [1.29, 1.82) is 0 Å². The van der Waals surface area contributed by atoms with Gasteiger partial charge in [0.15, 0.2) is 0 Å². The average molecular weight is 397 g/mol. The molecule has 1 N–H and O–H groups in total. The van der Waals surface area contributed by atoms with Crippen LogP contribution in [0.15, 0.2) is 51.3 Å². The number of hydrogen-bond donors (Lipinski definition) is 1. The topological polar surface area (TPSA) is 76.5 Å². The molecule has 1 aromatic carbocycles. The highest BCUT2D eigenvalue weighted by molar-refractivity contribution is 8.00. The highest BCUT2D eigenvalue weighted by atomic mass is 32.2. The molecule has 0 amide bonds. The zero-order valence-corrected chi connectivity index (χ0v) is 16.8. The molecule has 0 spiro atoms. The number of nitrogens with zero attached hydrogens (tertiary/aromatic N) is 1. The summed E-state index contributed by atoms with van der Waals surface area (Å²) in [6, 6.07) is 12.1. The van der Waals surface area contributed by atoms with Crippen molar-refractivity contribution in [2.75, 3.05) is 11.5 Å². The molecule has 3 rings (SSSR count). The molecule has 0 unspecified atom stereocenters. The van der Waals surface area contributed by atoms with E-state index in [4.69, 9.17) is 13.9 Å². The summed E-state index contributed by atoms with van der Waals surface area (Å²) < 4.78 is 11.7. The lowest BCUT2D eigenvalue weighted by molar-refractivity contribution is -0.133. The Balaban J connectivity index is 1.62. The van der Waals surface area contributed by atoms with E-state index >= 15 is 0 Å². The van der Waals surface area contributed by atoms with Crippen LogP contribution in [-0.4, -0.2) is 27.6 Å². The molecule has 3 aromatic rings. The SMILES string of the molecule is CCc1ccc(-c2nc(Cc3ccc(/C=C/CSCC(=O)O)o3)c(C)o2)cc1. The van der Waals surface area contributed by atoms with E-state index in [9.17, 15) is 4.79 Å². The van der Waals surface area contributed by atoms with Gasteiger partial charge < -0.3 is 13.9 Å². The van der Waals surface area contributed by atoms with Crippen molar-refractivity contribution in [1.82, 2.24) is 4.98 Å². The van der Waals surface area contributed by atoms with Gasteiger partial charge in [0.25, 0.3) is 0 Å². The van der Waals surface area contributed by atoms with E-state index < -0.39 is 5.97 Å². The van der Waals surface area contributed by atoms with Crippen molar-refractivity contribution < 1.29 is 18.7 Å². The van der Waals surface area contributed by atoms with Gasteiger partial charge in [-0.05, 0) is 49.2 Å². The number of benzene rings is 1. The normalized spacial score (nSPS) is 11.4. The van der Waals surface area contributed by atoms with Gasteiger partial charge in [0.05, 0.1) is 17.9 Å². The van der Waals surface area contributed by atoms with Crippen LogP contribution in [0, 0.1) is 6.92 Å². The van der Waals surface area contributed by atoms with Crippen LogP contribution in [0.5, 0.6) is 0 Å². The Morgan fingerprint density at radius 2 is 1.96 bits per heavy atom. The van der Waals surface area contributed by atoms with E-state index in [1.165, 1.54) is 17.3 Å². The van der Waals surface area contributed by atoms with E-state index in [1.807, 2.05) is 43.3 Å². The maximum Gasteiger partial charge on any atom is 0.313 e. The van der Waals surface area contributed by atoms with Crippen LogP contribution in [0.25, 0.3) is 17.5 Å². The van der Waals surface area contributed by atoms with Gasteiger partial charge in [-0.15, -0.1) is 11.8 Å². The standard InChI is InChI=1S/C22H23NO4S/c1-3-16-6-8-17(9-7-16)22-23-20(15(2)26-22)13-19-11-10-18(27-19)5-4-12-28-14-21(24)25/h4-11H,3,12-14H2,1-2H3,(H,24,25)/b5-4+. The number of hydrogen-bond acceptors (Lipinski definition) is 5. The Morgan fingerprint density at radius 3 is 2.68 bits per heavy atom. The fraction of sp³-hybridized carbons (Fsp3) is 0.273. The smallest absolute Gasteiger partial charge is 0.313 e. The molecule has 6 heteroatoms. The van der Waals surface area contributed by atoms with Crippen LogP contribution in [-0.2, 0) is 17.6 Å². The minimum Gasteiger partial charge on any atom is -0.481 e. The number of rotatable bonds is 9. The summed E-state index contributed by atoms with van der Waals surface area (Å²) >= 11 is 1.34. The number of oxazole rings is 1. The summed E-state index contributed by atoms with van der Waals surface area (Å²) in [4.78, 5) is 15.1. The maximum absolute atomic E-state index is 10.5. The number of carboxylic acids is 1. The van der Waals surface area contributed by atoms with E-state index in [0.717, 1.165) is 35.0 Å². The van der Waals surface area contributed by atoms with Gasteiger partial charge in [0, 0.05) is 11.3 Å². The average Bonchev–Trinajstić information content (AvgIpc) is 3.28. The molecule has 0 saturated carbocycles. The first-order valence-corrected chi connectivity index (χ1v) is 10.3. The van der Waals surface area contributed by atoms with Crippen LogP contribution >= 0.6 is 11.8 Å². The predicted octanol–water partition coefficient (Wildman–Crippen LogP) is 5.23. The quantitative estimate of drug-likeness (QED) is 0.498. The van der Waals surface area contributed by atoms with E-state index in [0.29, 0.717) is 18.1 Å². The lowest BCUT2D eigenvalue weighted by atomic mass is 10.1. The molecular formula is C22H23NO4S. The highest BCUT2D eigenvalue weighted by Gasteiger charge is 2.13. The van der Waals surface area contributed by atoms with E-state index in [-0.39, 0.29) is 5.75 Å². The van der Waals surface area contributed by atoms with Gasteiger partial charge >= 0.3 is 5.97 Å². The van der Waals surface area contributed by atoms with Crippen molar-refractivity contribution in [2.45, 2.75) is 26.7 Å². The van der Waals surface area contributed by atoms with Gasteiger partial charge in [-0.25, -0.2) is 4.98 Å². The molecule has 146 valence electrons. The second kappa shape index (κ2) is 9.46. The Morgan fingerprint density at radius 1 is 1.18 bits per heavy atom. The summed E-state index contributed by atoms with van der Waals surface area (Å²) in [5, 5.41) is 8.62. The molecule has 0 atom stereocenters. The number of carbonyl (C=O) groups is 1. The fourth-order valence-electron chi connectivity index (χ4n) is 2.72. The van der Waals surface area contributed by atoms with Gasteiger partial charge in [-0.1, -0.05) is 25.1 Å². The number of aliphatic carboxylic acids is 1. The molecular weight excluding hydrogens is 374 g/mol. The molecule has 0 aliphatic carbocycles. The third-order valence-electron chi connectivity index (χ3n) is 4.25. The Bertz CT molecular complexity index is 953. The van der Waals surface area contributed by atoms with Crippen LogP contribution in [0.2, 0.25) is 0 Å². The molecule has 0 radical (unpaired) electrons. The van der Waals surface area contributed by atoms with Gasteiger partial charge in [0.1, 0.15) is 17.3 Å². The summed E-state index contributed by atoms with van der Waals surface area (Å²) in [6.45, 7) is 4.04. The van der Waals surface area contributed by atoms with Crippen molar-refractivity contribution in [3.8, 4) is 11.5 Å². The fourth-order valence-corrected chi connectivity index (χ4v) is 3.25. The maximum atomic E-state index is 10.5. The zero-order chi connectivity index (χ0) is 19.9. The van der Waals surface area contributed by atoms with Crippen molar-refractivity contribution in [3.05, 3.63) is 71.0 Å². The minimum absolute atomic E-state index is 0.0999. The lowest BCUT2D eigenvalue weighted by Crippen LogP contribution is -1.97. The largest absolute Gasteiger partial charge is 0.481 e. The third-order valence-corrected chi connectivity index (χ3v) is 5.13. The first kappa shape index (κ1) is 20.0. The molecule has 0 aliphatic heterocycles. The Labute approximate surface area is 168 Å². The first-order chi connectivity index (χ1) is 13.5. The number of furan rings is 1. The van der Waals surface area contributed by atoms with Crippen LogP contribution < -0.4 is 0 Å². The summed E-state index contributed by atoms with van der Waals surface area (Å²) in [7, 11) is 0. The Hall–Kier alpha value is -2.73. The molecule has 28 heavy (non-hydrogen) atoms. The van der Waals surface area contributed by atoms with Crippen LogP contribution in [0.1, 0.15) is 35.5 Å². The van der Waals surface area contributed by atoms with Crippen molar-refractivity contribution >= 4 is 23.8 Å². The number of aromatic nitrogens is 1. The van der Waals surface area contributed by atoms with Crippen LogP contribution in [0.4, 0.5) is 0 Å². The summed E-state index contributed by atoms with van der Waals surface area (Å²) in [6.07, 6.45) is 5.32. The van der Waals surface area contributed by atoms with E-state index in [2.05, 4.69) is 24.0 Å². The van der Waals surface area contributed by atoms with Crippen molar-refractivity contribution in [3.63, 3.8) is 0 Å². The number of aryl methyl sites for hydroxylation is 2. The van der Waals surface area contributed by atoms with Gasteiger partial charge in [0.2, 0.25) is 5.89 Å². The molecule has 0 fully saturated rings. The minimum atomic E-state index is -0.803. The third kappa shape index (κ3) is 5.39. The highest BCUT2D eigenvalue weighted by Crippen LogP contribution is 2.24. The summed E-state index contributed by atoms with van der Waals surface area (Å²) in [5.41, 5.74) is 3.11. The first-order valence-electron chi connectivity index (χ1n) is 9.15. The van der Waals surface area contributed by atoms with Crippen molar-refractivity contribution in [2.24, 2.45) is 0 Å². The lowest BCUT2D eigenvalue weighted by Gasteiger charge is -1.98. The van der Waals surface area contributed by atoms with Gasteiger partial charge in [-0.2, -0.15) is 0 Å². The monoisotopic (exact) mass is 397 g/mol. The second-order valence-corrected chi connectivity index (χ2v) is 7.39. The second-order valence-electron chi connectivity index (χ2n) is 6.36. The number of carboxylic acid groups (broad SMARTS) is 1. The molecule has 2 aromatic heterocycles. The molecule has 0 saturated heterocycles. The summed E-state index contributed by atoms with van der Waals surface area (Å²) in [5.74, 6) is 2.88. The van der Waals surface area contributed by atoms with Crippen LogP contribution in [0.3, 0.4) is 0 Å². The molecule has 5 nitrogen and oxygen atoms in total. The molecule has 0 bridgehead atoms.